The topological polar surface area (TPSA) is 40.1 Å². The largest absolute Gasteiger partial charge is 0.768 e. The molecule has 11 heavy (non-hydrogen) atoms. The molecular formula is C6H3ClFO2S-. The molecule has 2 nitrogen and oxygen atoms in total. The van der Waals surface area contributed by atoms with E-state index in [2.05, 4.69) is 0 Å². The lowest BCUT2D eigenvalue weighted by Gasteiger charge is -2.04. The van der Waals surface area contributed by atoms with Crippen molar-refractivity contribution in [1.82, 2.24) is 0 Å². The van der Waals surface area contributed by atoms with Gasteiger partial charge in [0.15, 0.2) is 0 Å². The van der Waals surface area contributed by atoms with E-state index in [0.29, 0.717) is 0 Å². The maximum absolute atomic E-state index is 12.5. The zero-order valence-corrected chi connectivity index (χ0v) is 6.79. The number of rotatable bonds is 1. The first-order valence-electron chi connectivity index (χ1n) is 2.65. The summed E-state index contributed by atoms with van der Waals surface area (Å²) in [4.78, 5) is -0.105. The molecule has 1 rings (SSSR count). The van der Waals surface area contributed by atoms with Crippen molar-refractivity contribution in [1.29, 1.82) is 0 Å². The van der Waals surface area contributed by atoms with E-state index in [9.17, 15) is 13.2 Å². The Hall–Kier alpha value is -0.450. The van der Waals surface area contributed by atoms with E-state index >= 15 is 0 Å². The Bertz CT molecular complexity index is 303. The summed E-state index contributed by atoms with van der Waals surface area (Å²) in [7, 11) is 0. The van der Waals surface area contributed by atoms with E-state index in [-0.39, 0.29) is 9.92 Å². The van der Waals surface area contributed by atoms with Crippen LogP contribution in [0.15, 0.2) is 23.1 Å². The van der Waals surface area contributed by atoms with E-state index < -0.39 is 16.9 Å². The molecule has 0 aliphatic carbocycles. The lowest BCUT2D eigenvalue weighted by molar-refractivity contribution is 0.535. The van der Waals surface area contributed by atoms with Gasteiger partial charge in [-0.15, -0.1) is 0 Å². The first-order valence-corrected chi connectivity index (χ1v) is 4.11. The maximum atomic E-state index is 12.5. The normalized spacial score (nSPS) is 13.0. The number of hydrogen-bond acceptors (Lipinski definition) is 2. The molecule has 0 aliphatic rings. The highest BCUT2D eigenvalue weighted by Gasteiger charge is 1.99. The molecule has 0 fully saturated rings. The van der Waals surface area contributed by atoms with Gasteiger partial charge in [-0.2, -0.15) is 0 Å². The van der Waals surface area contributed by atoms with Crippen molar-refractivity contribution in [2.75, 3.05) is 0 Å². The molecular weight excluding hydrogens is 191 g/mol. The molecule has 0 N–H and O–H groups in total. The first-order chi connectivity index (χ1) is 5.11. The van der Waals surface area contributed by atoms with Gasteiger partial charge in [-0.25, -0.2) is 4.39 Å². The summed E-state index contributed by atoms with van der Waals surface area (Å²) >= 11 is 2.91. The van der Waals surface area contributed by atoms with Crippen molar-refractivity contribution in [2.45, 2.75) is 4.90 Å². The Balaban J connectivity index is 3.15. The van der Waals surface area contributed by atoms with Gasteiger partial charge in [-0.3, -0.25) is 4.21 Å². The van der Waals surface area contributed by atoms with Gasteiger partial charge in [0.05, 0.1) is 5.02 Å². The highest BCUT2D eigenvalue weighted by molar-refractivity contribution is 7.79. The molecule has 1 aromatic carbocycles. The second-order valence-corrected chi connectivity index (χ2v) is 3.16. The second-order valence-electron chi connectivity index (χ2n) is 1.81. The fraction of sp³-hybridized carbons (Fsp3) is 0. The quantitative estimate of drug-likeness (QED) is 0.638. The number of benzene rings is 1. The van der Waals surface area contributed by atoms with E-state index in [4.69, 9.17) is 11.6 Å². The number of hydrogen-bond donors (Lipinski definition) is 0. The Kier molecular flexibility index (Phi) is 2.59. The third-order valence-corrected chi connectivity index (χ3v) is 2.03. The van der Waals surface area contributed by atoms with Crippen LogP contribution in [0.5, 0.6) is 0 Å². The monoisotopic (exact) mass is 193 g/mol. The predicted octanol–water partition coefficient (Wildman–Crippen LogP) is 1.72. The van der Waals surface area contributed by atoms with Crippen molar-refractivity contribution in [3.05, 3.63) is 29.0 Å². The maximum Gasteiger partial charge on any atom is 0.142 e. The minimum absolute atomic E-state index is 0.0841. The molecule has 1 aromatic rings. The molecule has 60 valence electrons. The summed E-state index contributed by atoms with van der Waals surface area (Å²) < 4.78 is 33.0. The van der Waals surface area contributed by atoms with Crippen LogP contribution in [0.25, 0.3) is 0 Å². The van der Waals surface area contributed by atoms with Crippen LogP contribution in [0.4, 0.5) is 4.39 Å². The summed E-state index contributed by atoms with van der Waals surface area (Å²) in [5, 5.41) is -0.0841. The fourth-order valence-electron chi connectivity index (χ4n) is 0.581. The standard InChI is InChI=1S/C6H4ClFO2S/c7-5-2-1-4(11(9)10)3-6(5)8/h1-3H,(H,9,10)/p-1. The second kappa shape index (κ2) is 3.30. The molecule has 0 radical (unpaired) electrons. The van der Waals surface area contributed by atoms with E-state index in [1.165, 1.54) is 12.1 Å². The molecule has 0 saturated heterocycles. The SMILES string of the molecule is O=S([O-])c1ccc(Cl)c(F)c1. The van der Waals surface area contributed by atoms with E-state index in [1.54, 1.807) is 0 Å². The summed E-state index contributed by atoms with van der Waals surface area (Å²) in [6.45, 7) is 0. The zero-order chi connectivity index (χ0) is 8.43. The van der Waals surface area contributed by atoms with Gasteiger partial charge in [0.2, 0.25) is 0 Å². The lowest BCUT2D eigenvalue weighted by atomic mass is 10.3. The lowest BCUT2D eigenvalue weighted by Crippen LogP contribution is -1.89. The zero-order valence-electron chi connectivity index (χ0n) is 5.21. The minimum Gasteiger partial charge on any atom is -0.768 e. The van der Waals surface area contributed by atoms with Crippen LogP contribution >= 0.6 is 11.6 Å². The van der Waals surface area contributed by atoms with Crippen LogP contribution in [0.2, 0.25) is 5.02 Å². The highest BCUT2D eigenvalue weighted by Crippen LogP contribution is 2.16. The molecule has 5 heteroatoms. The van der Waals surface area contributed by atoms with Gasteiger partial charge in [0, 0.05) is 4.90 Å². The summed E-state index contributed by atoms with van der Waals surface area (Å²) in [6.07, 6.45) is 0. The van der Waals surface area contributed by atoms with Gasteiger partial charge in [0.1, 0.15) is 5.82 Å². The molecule has 0 aliphatic heterocycles. The van der Waals surface area contributed by atoms with Crippen LogP contribution in [-0.2, 0) is 11.1 Å². The van der Waals surface area contributed by atoms with Crippen LogP contribution in [0.3, 0.4) is 0 Å². The van der Waals surface area contributed by atoms with Crippen LogP contribution in [-0.4, -0.2) is 8.76 Å². The first kappa shape index (κ1) is 8.64. The molecule has 0 saturated carbocycles. The molecule has 1 unspecified atom stereocenters. The smallest absolute Gasteiger partial charge is 0.142 e. The molecule has 0 aromatic heterocycles. The fourth-order valence-corrected chi connectivity index (χ4v) is 1.08. The predicted molar refractivity (Wildman–Crippen MR) is 38.6 cm³/mol. The molecule has 0 bridgehead atoms. The minimum atomic E-state index is -2.40. The van der Waals surface area contributed by atoms with E-state index in [0.717, 1.165) is 6.07 Å². The van der Waals surface area contributed by atoms with Crippen LogP contribution in [0, 0.1) is 5.82 Å². The van der Waals surface area contributed by atoms with Crippen molar-refractivity contribution in [2.24, 2.45) is 0 Å². The molecule has 0 amide bonds. The molecule has 0 heterocycles. The third-order valence-electron chi connectivity index (χ3n) is 1.08. The average Bonchev–Trinajstić information content (AvgIpc) is 1.94. The number of halogens is 2. The van der Waals surface area contributed by atoms with Crippen molar-refractivity contribution in [3.63, 3.8) is 0 Å². The van der Waals surface area contributed by atoms with Gasteiger partial charge >= 0.3 is 0 Å². The van der Waals surface area contributed by atoms with Crippen molar-refractivity contribution < 1.29 is 13.2 Å². The van der Waals surface area contributed by atoms with Gasteiger partial charge in [-0.1, -0.05) is 11.6 Å². The summed E-state index contributed by atoms with van der Waals surface area (Å²) in [5.41, 5.74) is 0. The highest BCUT2D eigenvalue weighted by atomic mass is 35.5. The Morgan fingerprint density at radius 1 is 1.55 bits per heavy atom. The van der Waals surface area contributed by atoms with Crippen LogP contribution < -0.4 is 0 Å². The van der Waals surface area contributed by atoms with Gasteiger partial charge in [-0.05, 0) is 29.3 Å². The van der Waals surface area contributed by atoms with Crippen molar-refractivity contribution in [3.8, 4) is 0 Å². The summed E-state index contributed by atoms with van der Waals surface area (Å²) in [6, 6.07) is 3.29. The van der Waals surface area contributed by atoms with Crippen LogP contribution in [0.1, 0.15) is 0 Å². The summed E-state index contributed by atoms with van der Waals surface area (Å²) in [5.74, 6) is -0.728. The third kappa shape index (κ3) is 1.99. The molecule has 0 spiro atoms. The van der Waals surface area contributed by atoms with Gasteiger partial charge in [0.25, 0.3) is 0 Å². The Labute approximate surface area is 70.3 Å². The van der Waals surface area contributed by atoms with E-state index in [1.807, 2.05) is 0 Å². The Morgan fingerprint density at radius 2 is 2.18 bits per heavy atom. The van der Waals surface area contributed by atoms with Gasteiger partial charge < -0.3 is 4.55 Å². The van der Waals surface area contributed by atoms with Crippen molar-refractivity contribution >= 4 is 22.7 Å². The average molecular weight is 194 g/mol. The Morgan fingerprint density at radius 3 is 2.64 bits per heavy atom. The molecule has 1 atom stereocenters.